The van der Waals surface area contributed by atoms with E-state index in [2.05, 4.69) is 0 Å². The first kappa shape index (κ1) is 13.1. The zero-order valence-corrected chi connectivity index (χ0v) is 9.48. The van der Waals surface area contributed by atoms with Gasteiger partial charge < -0.3 is 10.2 Å². The highest BCUT2D eigenvalue weighted by Gasteiger charge is 2.30. The Morgan fingerprint density at radius 2 is 1.94 bits per heavy atom. The Morgan fingerprint density at radius 3 is 2.38 bits per heavy atom. The average Bonchev–Trinajstić information content (AvgIpc) is 2.17. The van der Waals surface area contributed by atoms with Crippen LogP contribution in [0.15, 0.2) is 24.3 Å². The highest BCUT2D eigenvalue weighted by molar-refractivity contribution is 7.91. The zero-order chi connectivity index (χ0) is 12.3. The lowest BCUT2D eigenvalue weighted by atomic mass is 10.1. The minimum atomic E-state index is -3.65. The molecule has 0 unspecified atom stereocenters. The summed E-state index contributed by atoms with van der Waals surface area (Å²) < 4.78 is 35.8. The smallest absolute Gasteiger partial charge is 0.155 e. The molecule has 0 saturated heterocycles. The molecule has 0 aromatic heterocycles. The van der Waals surface area contributed by atoms with Crippen LogP contribution in [0, 0.1) is 5.82 Å². The monoisotopic (exact) mass is 248 g/mol. The molecule has 0 spiro atoms. The fraction of sp³-hybridized carbons (Fsp3) is 0.400. The van der Waals surface area contributed by atoms with Crippen molar-refractivity contribution in [2.75, 3.05) is 12.9 Å². The maximum atomic E-state index is 13.3. The van der Waals surface area contributed by atoms with Crippen molar-refractivity contribution in [3.8, 4) is 0 Å². The van der Waals surface area contributed by atoms with Gasteiger partial charge in [-0.1, -0.05) is 18.2 Å². The second-order valence-corrected chi connectivity index (χ2v) is 5.78. The van der Waals surface area contributed by atoms with Crippen LogP contribution < -0.4 is 0 Å². The summed E-state index contributed by atoms with van der Waals surface area (Å²) in [6, 6.07) is 5.32. The van der Waals surface area contributed by atoms with E-state index < -0.39 is 33.6 Å². The maximum absolute atomic E-state index is 13.3. The van der Waals surface area contributed by atoms with E-state index in [1.165, 1.54) is 18.2 Å². The molecule has 1 aromatic rings. The van der Waals surface area contributed by atoms with Gasteiger partial charge in [-0.05, 0) is 6.07 Å². The summed E-state index contributed by atoms with van der Waals surface area (Å²) in [5.41, 5.74) is -0.132. The number of hydrogen-bond donors (Lipinski definition) is 2. The number of aliphatic hydroxyl groups is 2. The van der Waals surface area contributed by atoms with Gasteiger partial charge in [0.15, 0.2) is 9.84 Å². The van der Waals surface area contributed by atoms with E-state index >= 15 is 0 Å². The minimum Gasteiger partial charge on any atom is -0.395 e. The third-order valence-electron chi connectivity index (χ3n) is 2.31. The lowest BCUT2D eigenvalue weighted by Gasteiger charge is -2.19. The van der Waals surface area contributed by atoms with Crippen molar-refractivity contribution in [3.05, 3.63) is 35.6 Å². The number of benzene rings is 1. The van der Waals surface area contributed by atoms with E-state index in [1.807, 2.05) is 0 Å². The second-order valence-electron chi connectivity index (χ2n) is 3.52. The Bertz CT molecular complexity index is 458. The van der Waals surface area contributed by atoms with Crippen LogP contribution >= 0.6 is 0 Å². The van der Waals surface area contributed by atoms with Crippen LogP contribution in [0.25, 0.3) is 0 Å². The predicted molar refractivity (Wildman–Crippen MR) is 57.1 cm³/mol. The molecule has 2 N–H and O–H groups in total. The van der Waals surface area contributed by atoms with E-state index in [1.54, 1.807) is 0 Å². The molecule has 16 heavy (non-hydrogen) atoms. The van der Waals surface area contributed by atoms with E-state index in [0.29, 0.717) is 0 Å². The summed E-state index contributed by atoms with van der Waals surface area (Å²) >= 11 is 0. The molecule has 90 valence electrons. The van der Waals surface area contributed by atoms with Gasteiger partial charge in [0.1, 0.15) is 17.2 Å². The van der Waals surface area contributed by atoms with Crippen molar-refractivity contribution >= 4 is 9.84 Å². The van der Waals surface area contributed by atoms with E-state index in [0.717, 1.165) is 12.3 Å². The summed E-state index contributed by atoms with van der Waals surface area (Å²) in [5, 5.41) is 17.2. The largest absolute Gasteiger partial charge is 0.395 e. The van der Waals surface area contributed by atoms with Gasteiger partial charge in [-0.3, -0.25) is 0 Å². The normalized spacial score (nSPS) is 15.8. The summed E-state index contributed by atoms with van der Waals surface area (Å²) in [7, 11) is -3.65. The topological polar surface area (TPSA) is 74.6 Å². The first-order valence-corrected chi connectivity index (χ1v) is 6.55. The average molecular weight is 248 g/mol. The molecule has 0 aliphatic heterocycles. The molecule has 0 aliphatic rings. The van der Waals surface area contributed by atoms with E-state index in [4.69, 9.17) is 5.11 Å². The van der Waals surface area contributed by atoms with Gasteiger partial charge in [0.2, 0.25) is 0 Å². The SMILES string of the molecule is CS(=O)(=O)[C@@H](CO)[C@@H](O)c1ccccc1F. The molecule has 0 radical (unpaired) electrons. The van der Waals surface area contributed by atoms with Crippen molar-refractivity contribution in [1.82, 2.24) is 0 Å². The Balaban J connectivity index is 3.10. The number of sulfone groups is 1. The number of aliphatic hydroxyl groups excluding tert-OH is 2. The second kappa shape index (κ2) is 4.90. The summed E-state index contributed by atoms with van der Waals surface area (Å²) in [6.45, 7) is -0.756. The lowest BCUT2D eigenvalue weighted by molar-refractivity contribution is 0.134. The van der Waals surface area contributed by atoms with Gasteiger partial charge in [0.25, 0.3) is 0 Å². The summed E-state index contributed by atoms with van der Waals surface area (Å²) in [6.07, 6.45) is -0.681. The molecule has 0 aliphatic carbocycles. The van der Waals surface area contributed by atoms with Crippen LogP contribution in [0.3, 0.4) is 0 Å². The van der Waals surface area contributed by atoms with Crippen LogP contribution in [-0.2, 0) is 9.84 Å². The molecule has 0 amide bonds. The van der Waals surface area contributed by atoms with Crippen molar-refractivity contribution in [2.45, 2.75) is 11.4 Å². The molecule has 0 fully saturated rings. The van der Waals surface area contributed by atoms with Crippen LogP contribution in [0.5, 0.6) is 0 Å². The highest BCUT2D eigenvalue weighted by atomic mass is 32.2. The minimum absolute atomic E-state index is 0.132. The molecule has 4 nitrogen and oxygen atoms in total. The maximum Gasteiger partial charge on any atom is 0.155 e. The standard InChI is InChI=1S/C10H13FO4S/c1-16(14,15)9(6-12)10(13)7-4-2-3-5-8(7)11/h2-5,9-10,12-13H,6H2,1H3/t9-,10-/m0/s1. The van der Waals surface area contributed by atoms with Crippen LogP contribution in [-0.4, -0.2) is 36.7 Å². The van der Waals surface area contributed by atoms with Gasteiger partial charge >= 0.3 is 0 Å². The molecule has 1 aromatic carbocycles. The molecule has 0 bridgehead atoms. The van der Waals surface area contributed by atoms with E-state index in [9.17, 15) is 17.9 Å². The van der Waals surface area contributed by atoms with Gasteiger partial charge in [-0.15, -0.1) is 0 Å². The molecule has 1 rings (SSSR count). The van der Waals surface area contributed by atoms with Crippen molar-refractivity contribution in [3.63, 3.8) is 0 Å². The molecular weight excluding hydrogens is 235 g/mol. The van der Waals surface area contributed by atoms with Crippen molar-refractivity contribution < 1.29 is 23.0 Å². The first-order valence-electron chi connectivity index (χ1n) is 4.60. The predicted octanol–water partition coefficient (Wildman–Crippen LogP) is 0.265. The highest BCUT2D eigenvalue weighted by Crippen LogP contribution is 2.23. The molecule has 6 heteroatoms. The summed E-state index contributed by atoms with van der Waals surface area (Å²) in [5.74, 6) is -0.697. The third kappa shape index (κ3) is 2.78. The van der Waals surface area contributed by atoms with Gasteiger partial charge in [0, 0.05) is 11.8 Å². The first-order chi connectivity index (χ1) is 7.38. The van der Waals surface area contributed by atoms with Crippen molar-refractivity contribution in [2.24, 2.45) is 0 Å². The molecular formula is C10H13FO4S. The molecule has 2 atom stereocenters. The van der Waals surface area contributed by atoms with Crippen LogP contribution in [0.4, 0.5) is 4.39 Å². The Labute approximate surface area is 93.3 Å². The zero-order valence-electron chi connectivity index (χ0n) is 8.67. The Kier molecular flexibility index (Phi) is 4.01. The van der Waals surface area contributed by atoms with Crippen molar-refractivity contribution in [1.29, 1.82) is 0 Å². The lowest BCUT2D eigenvalue weighted by Crippen LogP contribution is -2.31. The number of halogens is 1. The fourth-order valence-electron chi connectivity index (χ4n) is 1.38. The fourth-order valence-corrected chi connectivity index (χ4v) is 2.27. The number of rotatable bonds is 4. The Hall–Kier alpha value is -0.980. The third-order valence-corrected chi connectivity index (χ3v) is 3.81. The summed E-state index contributed by atoms with van der Waals surface area (Å²) in [4.78, 5) is 0. The van der Waals surface area contributed by atoms with Gasteiger partial charge in [0.05, 0.1) is 6.61 Å². The molecule has 0 saturated carbocycles. The quantitative estimate of drug-likeness (QED) is 0.801. The Morgan fingerprint density at radius 1 is 1.38 bits per heavy atom. The van der Waals surface area contributed by atoms with Gasteiger partial charge in [-0.25, -0.2) is 12.8 Å². The van der Waals surface area contributed by atoms with Crippen LogP contribution in [0.1, 0.15) is 11.7 Å². The molecule has 0 heterocycles. The number of hydrogen-bond acceptors (Lipinski definition) is 4. The van der Waals surface area contributed by atoms with E-state index in [-0.39, 0.29) is 5.56 Å². The van der Waals surface area contributed by atoms with Gasteiger partial charge in [-0.2, -0.15) is 0 Å². The van der Waals surface area contributed by atoms with Crippen LogP contribution in [0.2, 0.25) is 0 Å².